The van der Waals surface area contributed by atoms with Gasteiger partial charge in [0.15, 0.2) is 0 Å². The minimum Gasteiger partial charge on any atom is -0.481 e. The molecule has 17 heavy (non-hydrogen) atoms. The van der Waals surface area contributed by atoms with Gasteiger partial charge >= 0.3 is 12.0 Å². The fraction of sp³-hybridized carbons (Fsp3) is 0.556. The third-order valence-corrected chi connectivity index (χ3v) is 1.98. The van der Waals surface area contributed by atoms with Crippen LogP contribution < -0.4 is 10.6 Å². The second-order valence-electron chi connectivity index (χ2n) is 3.39. The number of carbonyl (C=O) groups excluding carboxylic acids is 1. The van der Waals surface area contributed by atoms with Gasteiger partial charge in [-0.2, -0.15) is 5.10 Å². The van der Waals surface area contributed by atoms with E-state index in [1.54, 1.807) is 0 Å². The van der Waals surface area contributed by atoms with Gasteiger partial charge in [0.2, 0.25) is 0 Å². The summed E-state index contributed by atoms with van der Waals surface area (Å²) >= 11 is 0. The molecule has 0 saturated heterocycles. The standard InChI is InChI=1S/C9H15N5O3/c15-8(16)3-1-2-4-10-9(17)11-5-7-12-6-13-14-7/h6H,1-5H2,(H,15,16)(H2,10,11,17)(H,12,13,14). The molecule has 0 fully saturated rings. The third-order valence-electron chi connectivity index (χ3n) is 1.98. The average Bonchev–Trinajstić information content (AvgIpc) is 2.78. The number of aromatic nitrogens is 3. The molecular weight excluding hydrogens is 226 g/mol. The first-order valence-electron chi connectivity index (χ1n) is 5.26. The highest BCUT2D eigenvalue weighted by atomic mass is 16.4. The van der Waals surface area contributed by atoms with Crippen LogP contribution in [0.5, 0.6) is 0 Å². The lowest BCUT2D eigenvalue weighted by atomic mass is 10.2. The van der Waals surface area contributed by atoms with E-state index in [0.29, 0.717) is 25.2 Å². The molecule has 0 aliphatic carbocycles. The van der Waals surface area contributed by atoms with Gasteiger partial charge < -0.3 is 15.7 Å². The number of unbranched alkanes of at least 4 members (excludes halogenated alkanes) is 1. The number of hydrogen-bond acceptors (Lipinski definition) is 4. The first kappa shape index (κ1) is 12.9. The fourth-order valence-corrected chi connectivity index (χ4v) is 1.15. The van der Waals surface area contributed by atoms with E-state index in [1.165, 1.54) is 6.33 Å². The molecule has 0 aliphatic rings. The van der Waals surface area contributed by atoms with Crippen molar-refractivity contribution in [3.05, 3.63) is 12.2 Å². The first-order valence-corrected chi connectivity index (χ1v) is 5.26. The Hall–Kier alpha value is -2.12. The van der Waals surface area contributed by atoms with E-state index >= 15 is 0 Å². The van der Waals surface area contributed by atoms with E-state index in [0.717, 1.165) is 0 Å². The predicted octanol–water partition coefficient (Wildman–Crippen LogP) is -0.141. The maximum Gasteiger partial charge on any atom is 0.315 e. The van der Waals surface area contributed by atoms with Gasteiger partial charge in [-0.25, -0.2) is 9.78 Å². The smallest absolute Gasteiger partial charge is 0.315 e. The van der Waals surface area contributed by atoms with Gasteiger partial charge in [-0.1, -0.05) is 0 Å². The van der Waals surface area contributed by atoms with E-state index in [1.807, 2.05) is 0 Å². The summed E-state index contributed by atoms with van der Waals surface area (Å²) in [5, 5.41) is 19.8. The van der Waals surface area contributed by atoms with Gasteiger partial charge in [-0.3, -0.25) is 9.89 Å². The van der Waals surface area contributed by atoms with Crippen molar-refractivity contribution in [2.45, 2.75) is 25.8 Å². The first-order chi connectivity index (χ1) is 8.18. The molecule has 4 N–H and O–H groups in total. The largest absolute Gasteiger partial charge is 0.481 e. The summed E-state index contributed by atoms with van der Waals surface area (Å²) in [5.41, 5.74) is 0. The van der Waals surface area contributed by atoms with Crippen molar-refractivity contribution in [3.63, 3.8) is 0 Å². The Kier molecular flexibility index (Phi) is 5.49. The number of nitrogens with one attached hydrogen (secondary N) is 3. The lowest BCUT2D eigenvalue weighted by Crippen LogP contribution is -2.35. The van der Waals surface area contributed by atoms with E-state index in [4.69, 9.17) is 5.11 Å². The van der Waals surface area contributed by atoms with Crippen molar-refractivity contribution in [1.82, 2.24) is 25.8 Å². The van der Waals surface area contributed by atoms with Crippen molar-refractivity contribution in [1.29, 1.82) is 0 Å². The summed E-state index contributed by atoms with van der Waals surface area (Å²) in [5.74, 6) is -0.245. The molecule has 8 heteroatoms. The second-order valence-corrected chi connectivity index (χ2v) is 3.39. The summed E-state index contributed by atoms with van der Waals surface area (Å²) in [6, 6.07) is -0.309. The summed E-state index contributed by atoms with van der Waals surface area (Å²) in [6.45, 7) is 0.733. The minimum atomic E-state index is -0.820. The maximum atomic E-state index is 11.2. The van der Waals surface area contributed by atoms with Crippen LogP contribution in [0.3, 0.4) is 0 Å². The molecule has 0 saturated carbocycles. The number of amides is 2. The molecule has 94 valence electrons. The van der Waals surface area contributed by atoms with Gasteiger partial charge in [0.1, 0.15) is 12.2 Å². The normalized spacial score (nSPS) is 9.88. The number of aromatic amines is 1. The molecule has 1 heterocycles. The average molecular weight is 241 g/mol. The number of hydrogen-bond donors (Lipinski definition) is 4. The maximum absolute atomic E-state index is 11.2. The van der Waals surface area contributed by atoms with E-state index in [2.05, 4.69) is 25.8 Å². The van der Waals surface area contributed by atoms with Crippen LogP contribution in [0.2, 0.25) is 0 Å². The monoisotopic (exact) mass is 241 g/mol. The van der Waals surface area contributed by atoms with Gasteiger partial charge in [0, 0.05) is 13.0 Å². The number of carbonyl (C=O) groups is 2. The zero-order chi connectivity index (χ0) is 12.5. The predicted molar refractivity (Wildman–Crippen MR) is 58.1 cm³/mol. The fourth-order valence-electron chi connectivity index (χ4n) is 1.15. The van der Waals surface area contributed by atoms with Crippen LogP contribution in [-0.2, 0) is 11.3 Å². The minimum absolute atomic E-state index is 0.126. The third kappa shape index (κ3) is 6.13. The van der Waals surface area contributed by atoms with Crippen molar-refractivity contribution < 1.29 is 14.7 Å². The zero-order valence-corrected chi connectivity index (χ0v) is 9.27. The number of nitrogens with zero attached hydrogens (tertiary/aromatic N) is 2. The summed E-state index contributed by atoms with van der Waals surface area (Å²) in [6.07, 6.45) is 2.68. The number of H-pyrrole nitrogens is 1. The molecule has 0 aromatic carbocycles. The Balaban J connectivity index is 2.00. The second kappa shape index (κ2) is 7.20. The lowest BCUT2D eigenvalue weighted by molar-refractivity contribution is -0.137. The molecule has 1 rings (SSSR count). The van der Waals surface area contributed by atoms with Crippen LogP contribution in [0, 0.1) is 0 Å². The van der Waals surface area contributed by atoms with E-state index < -0.39 is 5.97 Å². The summed E-state index contributed by atoms with van der Waals surface area (Å²) in [4.78, 5) is 25.3. The zero-order valence-electron chi connectivity index (χ0n) is 9.27. The molecule has 0 unspecified atom stereocenters. The van der Waals surface area contributed by atoms with Crippen LogP contribution in [0.15, 0.2) is 6.33 Å². The molecule has 2 amide bonds. The Morgan fingerprint density at radius 2 is 2.18 bits per heavy atom. The number of carboxylic acid groups (broad SMARTS) is 1. The van der Waals surface area contributed by atoms with Gasteiger partial charge in [0.25, 0.3) is 0 Å². The number of aliphatic carboxylic acids is 1. The van der Waals surface area contributed by atoms with Crippen molar-refractivity contribution in [2.24, 2.45) is 0 Å². The van der Waals surface area contributed by atoms with Gasteiger partial charge in [0.05, 0.1) is 6.54 Å². The SMILES string of the molecule is O=C(O)CCCCNC(=O)NCc1ncn[nH]1. The Morgan fingerprint density at radius 3 is 2.82 bits per heavy atom. The van der Waals surface area contributed by atoms with Crippen LogP contribution in [-0.4, -0.2) is 38.8 Å². The number of carboxylic acids is 1. The molecule has 0 radical (unpaired) electrons. The van der Waals surface area contributed by atoms with Crippen molar-refractivity contribution >= 4 is 12.0 Å². The Bertz CT molecular complexity index is 352. The molecule has 0 spiro atoms. The van der Waals surface area contributed by atoms with Gasteiger partial charge in [-0.05, 0) is 12.8 Å². The van der Waals surface area contributed by atoms with Crippen LogP contribution in [0.25, 0.3) is 0 Å². The van der Waals surface area contributed by atoms with Gasteiger partial charge in [-0.15, -0.1) is 0 Å². The molecule has 1 aromatic heterocycles. The molecule has 0 aliphatic heterocycles. The molecule has 1 aromatic rings. The number of urea groups is 1. The lowest BCUT2D eigenvalue weighted by Gasteiger charge is -2.05. The molecular formula is C9H15N5O3. The van der Waals surface area contributed by atoms with Crippen LogP contribution in [0.4, 0.5) is 4.79 Å². The van der Waals surface area contributed by atoms with Crippen molar-refractivity contribution in [2.75, 3.05) is 6.54 Å². The van der Waals surface area contributed by atoms with Crippen molar-refractivity contribution in [3.8, 4) is 0 Å². The molecule has 0 bridgehead atoms. The highest BCUT2D eigenvalue weighted by Gasteiger charge is 2.01. The molecule has 0 atom stereocenters. The Labute approximate surface area is 97.8 Å². The quantitative estimate of drug-likeness (QED) is 0.495. The summed E-state index contributed by atoms with van der Waals surface area (Å²) in [7, 11) is 0. The van der Waals surface area contributed by atoms with E-state index in [9.17, 15) is 9.59 Å². The molecule has 8 nitrogen and oxygen atoms in total. The topological polar surface area (TPSA) is 120 Å². The number of rotatable bonds is 7. The highest BCUT2D eigenvalue weighted by molar-refractivity contribution is 5.73. The van der Waals surface area contributed by atoms with Crippen LogP contribution in [0.1, 0.15) is 25.1 Å². The highest BCUT2D eigenvalue weighted by Crippen LogP contribution is 1.93. The Morgan fingerprint density at radius 1 is 1.35 bits per heavy atom. The summed E-state index contributed by atoms with van der Waals surface area (Å²) < 4.78 is 0. The van der Waals surface area contributed by atoms with E-state index in [-0.39, 0.29) is 19.0 Å². The van der Waals surface area contributed by atoms with Crippen LogP contribution >= 0.6 is 0 Å².